The van der Waals surface area contributed by atoms with Crippen LogP contribution in [0.3, 0.4) is 0 Å². The number of hydrazine groups is 1. The Balaban J connectivity index is 2.84. The van der Waals surface area contributed by atoms with E-state index in [-0.39, 0.29) is 0 Å². The zero-order valence-electron chi connectivity index (χ0n) is 3.89. The van der Waals surface area contributed by atoms with E-state index in [4.69, 9.17) is 5.84 Å². The largest absolute Gasteiger partial charge is 0.300 e. The molecule has 44 valence electrons. The third-order valence-corrected chi connectivity index (χ3v) is 2.01. The Hall–Kier alpha value is -0.130. The van der Waals surface area contributed by atoms with Gasteiger partial charge in [0, 0.05) is 0 Å². The van der Waals surface area contributed by atoms with Crippen LogP contribution in [-0.2, 0) is 0 Å². The minimum absolute atomic E-state index is 0.719. The zero-order chi connectivity index (χ0) is 5.98. The van der Waals surface area contributed by atoms with E-state index in [1.165, 1.54) is 11.3 Å². The Bertz CT molecular complexity index is 175. The molecule has 3 nitrogen and oxygen atoms in total. The van der Waals surface area contributed by atoms with Crippen LogP contribution in [0, 0.1) is 0 Å². The van der Waals surface area contributed by atoms with Crippen molar-refractivity contribution < 1.29 is 0 Å². The Morgan fingerprint density at radius 3 is 2.88 bits per heavy atom. The van der Waals surface area contributed by atoms with Crippen LogP contribution in [0.4, 0.5) is 5.13 Å². The summed E-state index contributed by atoms with van der Waals surface area (Å²) in [6, 6.07) is 0. The molecule has 0 aliphatic rings. The summed E-state index contributed by atoms with van der Waals surface area (Å²) < 4.78 is 0.977. The summed E-state index contributed by atoms with van der Waals surface area (Å²) in [6.45, 7) is 0. The number of aromatic nitrogens is 1. The van der Waals surface area contributed by atoms with Crippen LogP contribution < -0.4 is 11.3 Å². The molecule has 1 rings (SSSR count). The first kappa shape index (κ1) is 6.00. The van der Waals surface area contributed by atoms with Crippen LogP contribution in [0.25, 0.3) is 0 Å². The van der Waals surface area contributed by atoms with Gasteiger partial charge in [0.05, 0.1) is 9.98 Å². The minimum atomic E-state index is 0.719. The number of hydrogen-bond acceptors (Lipinski definition) is 4. The second-order valence-corrected chi connectivity index (χ2v) is 3.52. The summed E-state index contributed by atoms with van der Waals surface area (Å²) in [5.41, 5.74) is 2.43. The summed E-state index contributed by atoms with van der Waals surface area (Å²) in [4.78, 5) is 3.87. The first-order valence-corrected chi connectivity index (χ1v) is 3.52. The van der Waals surface area contributed by atoms with Gasteiger partial charge in [-0.05, 0) is 15.9 Å². The van der Waals surface area contributed by atoms with E-state index in [2.05, 4.69) is 26.3 Å². The van der Waals surface area contributed by atoms with Gasteiger partial charge < -0.3 is 0 Å². The number of nitrogens with two attached hydrogens (primary N) is 1. The fourth-order valence-corrected chi connectivity index (χ4v) is 1.34. The van der Waals surface area contributed by atoms with Crippen molar-refractivity contribution >= 4 is 32.4 Å². The van der Waals surface area contributed by atoms with Crippen LogP contribution in [0.5, 0.6) is 0 Å². The highest BCUT2D eigenvalue weighted by Gasteiger charge is 1.92. The van der Waals surface area contributed by atoms with Crippen LogP contribution in [0.2, 0.25) is 0 Å². The average molecular weight is 194 g/mol. The molecular weight excluding hydrogens is 190 g/mol. The smallest absolute Gasteiger partial charge is 0.198 e. The van der Waals surface area contributed by atoms with Gasteiger partial charge in [0.15, 0.2) is 5.13 Å². The molecule has 0 atom stereocenters. The Morgan fingerprint density at radius 2 is 2.62 bits per heavy atom. The van der Waals surface area contributed by atoms with Crippen molar-refractivity contribution in [3.8, 4) is 0 Å². The molecule has 0 saturated heterocycles. The molecule has 5 heteroatoms. The number of halogens is 1. The lowest BCUT2D eigenvalue weighted by Crippen LogP contribution is -2.05. The fourth-order valence-electron chi connectivity index (χ4n) is 0.321. The predicted octanol–water partition coefficient (Wildman–Crippen LogP) is 1.19. The van der Waals surface area contributed by atoms with Gasteiger partial charge in [-0.3, -0.25) is 5.43 Å². The second-order valence-electron chi connectivity index (χ2n) is 1.11. The van der Waals surface area contributed by atoms with Gasteiger partial charge in [-0.1, -0.05) is 11.3 Å². The summed E-state index contributed by atoms with van der Waals surface area (Å²) in [7, 11) is 0. The van der Waals surface area contributed by atoms with Gasteiger partial charge in [0.2, 0.25) is 0 Å². The molecule has 0 amide bonds. The lowest BCUT2D eigenvalue weighted by Gasteiger charge is -1.84. The SMILES string of the molecule is NNc1ncc(Br)s1. The fraction of sp³-hybridized carbons (Fsp3) is 0. The van der Waals surface area contributed by atoms with Gasteiger partial charge >= 0.3 is 0 Å². The van der Waals surface area contributed by atoms with Crippen molar-refractivity contribution in [1.29, 1.82) is 0 Å². The van der Waals surface area contributed by atoms with E-state index in [9.17, 15) is 0 Å². The third-order valence-electron chi connectivity index (χ3n) is 0.601. The van der Waals surface area contributed by atoms with E-state index >= 15 is 0 Å². The van der Waals surface area contributed by atoms with Crippen LogP contribution in [-0.4, -0.2) is 4.98 Å². The molecule has 1 aromatic heterocycles. The highest BCUT2D eigenvalue weighted by Crippen LogP contribution is 2.21. The number of nitrogens with one attached hydrogen (secondary N) is 1. The number of nitrogen functional groups attached to an aromatic ring is 1. The van der Waals surface area contributed by atoms with E-state index < -0.39 is 0 Å². The molecule has 1 heterocycles. The van der Waals surface area contributed by atoms with Crippen molar-refractivity contribution in [2.75, 3.05) is 5.43 Å². The van der Waals surface area contributed by atoms with Crippen LogP contribution in [0.15, 0.2) is 9.98 Å². The summed E-state index contributed by atoms with van der Waals surface area (Å²) >= 11 is 4.69. The van der Waals surface area contributed by atoms with Gasteiger partial charge in [-0.25, -0.2) is 10.8 Å². The molecular formula is C3H4BrN3S. The van der Waals surface area contributed by atoms with Gasteiger partial charge in [0.1, 0.15) is 0 Å². The molecule has 3 N–H and O–H groups in total. The van der Waals surface area contributed by atoms with Crippen molar-refractivity contribution in [3.63, 3.8) is 0 Å². The van der Waals surface area contributed by atoms with Crippen LogP contribution >= 0.6 is 27.3 Å². The molecule has 1 aromatic rings. The Labute approximate surface area is 59.0 Å². The van der Waals surface area contributed by atoms with Gasteiger partial charge in [0.25, 0.3) is 0 Å². The van der Waals surface area contributed by atoms with Gasteiger partial charge in [-0.15, -0.1) is 0 Å². The first-order valence-electron chi connectivity index (χ1n) is 1.91. The Morgan fingerprint density at radius 1 is 1.88 bits per heavy atom. The maximum Gasteiger partial charge on any atom is 0.198 e. The highest BCUT2D eigenvalue weighted by molar-refractivity contribution is 9.11. The molecule has 0 fully saturated rings. The third kappa shape index (κ3) is 1.18. The van der Waals surface area contributed by atoms with Crippen LogP contribution in [0.1, 0.15) is 0 Å². The molecule has 8 heavy (non-hydrogen) atoms. The molecule has 0 aliphatic carbocycles. The molecule has 0 radical (unpaired) electrons. The maximum atomic E-state index is 5.04. The average Bonchev–Trinajstić information content (AvgIpc) is 2.14. The lowest BCUT2D eigenvalue weighted by molar-refractivity contribution is 1.29. The number of thiazole rings is 1. The lowest BCUT2D eigenvalue weighted by atomic mass is 11.0. The maximum absolute atomic E-state index is 5.04. The number of anilines is 1. The molecule has 0 saturated carbocycles. The van der Waals surface area contributed by atoms with E-state index in [1.807, 2.05) is 0 Å². The van der Waals surface area contributed by atoms with E-state index in [0.29, 0.717) is 0 Å². The highest BCUT2D eigenvalue weighted by atomic mass is 79.9. The van der Waals surface area contributed by atoms with Crippen molar-refractivity contribution in [2.45, 2.75) is 0 Å². The van der Waals surface area contributed by atoms with E-state index in [0.717, 1.165) is 8.92 Å². The molecule has 0 unspecified atom stereocenters. The topological polar surface area (TPSA) is 50.9 Å². The monoisotopic (exact) mass is 193 g/mol. The molecule has 0 aliphatic heterocycles. The Kier molecular flexibility index (Phi) is 1.82. The zero-order valence-corrected chi connectivity index (χ0v) is 6.29. The quantitative estimate of drug-likeness (QED) is 0.521. The number of nitrogens with zero attached hydrogens (tertiary/aromatic N) is 1. The summed E-state index contributed by atoms with van der Waals surface area (Å²) in [6.07, 6.45) is 1.69. The standard InChI is InChI=1S/C3H4BrN3S/c4-2-1-6-3(7-5)8-2/h1H,5H2,(H,6,7). The molecule has 0 aromatic carbocycles. The molecule has 0 spiro atoms. The summed E-state index contributed by atoms with van der Waals surface area (Å²) in [5, 5.41) is 0.719. The minimum Gasteiger partial charge on any atom is -0.300 e. The number of hydrogen-bond donors (Lipinski definition) is 2. The second kappa shape index (κ2) is 2.43. The van der Waals surface area contributed by atoms with Crippen molar-refractivity contribution in [1.82, 2.24) is 4.98 Å². The first-order chi connectivity index (χ1) is 3.83. The normalized spacial score (nSPS) is 9.25. The van der Waals surface area contributed by atoms with Gasteiger partial charge in [-0.2, -0.15) is 0 Å². The predicted molar refractivity (Wildman–Crippen MR) is 37.6 cm³/mol. The summed E-state index contributed by atoms with van der Waals surface area (Å²) in [5.74, 6) is 5.04. The number of rotatable bonds is 1. The van der Waals surface area contributed by atoms with E-state index in [1.54, 1.807) is 6.20 Å². The van der Waals surface area contributed by atoms with Crippen molar-refractivity contribution in [3.05, 3.63) is 9.98 Å². The van der Waals surface area contributed by atoms with Crippen molar-refractivity contribution in [2.24, 2.45) is 5.84 Å². The molecule has 0 bridgehead atoms.